The van der Waals surface area contributed by atoms with Crippen LogP contribution in [0, 0.1) is 5.92 Å². The van der Waals surface area contributed by atoms with Gasteiger partial charge >= 0.3 is 0 Å². The van der Waals surface area contributed by atoms with E-state index in [0.717, 1.165) is 25.9 Å². The molecule has 2 fully saturated rings. The summed E-state index contributed by atoms with van der Waals surface area (Å²) < 4.78 is 10.6. The van der Waals surface area contributed by atoms with Crippen molar-refractivity contribution in [1.29, 1.82) is 0 Å². The van der Waals surface area contributed by atoms with Crippen LogP contribution in [0.25, 0.3) is 0 Å². The monoisotopic (exact) mass is 448 g/mol. The van der Waals surface area contributed by atoms with Gasteiger partial charge in [-0.25, -0.2) is 0 Å². The number of carbonyl (C=O) groups excluding carboxylic acids is 2. The van der Waals surface area contributed by atoms with Crippen molar-refractivity contribution in [3.63, 3.8) is 0 Å². The normalized spacial score (nSPS) is 18.7. The Bertz CT molecular complexity index is 636. The Morgan fingerprint density at radius 3 is 2.07 bits per heavy atom. The van der Waals surface area contributed by atoms with E-state index >= 15 is 0 Å². The number of nitrogens with one attached hydrogen (secondary N) is 2. The maximum Gasteiger partial charge on any atom is 0.241 e. The first kappa shape index (κ1) is 25.6. The van der Waals surface area contributed by atoms with Crippen LogP contribution in [0.1, 0.15) is 12.8 Å². The number of halogens is 2. The molecule has 2 amide bonds. The summed E-state index contributed by atoms with van der Waals surface area (Å²) in [6.07, 6.45) is 1.62. The molecule has 0 aliphatic carbocycles. The molecule has 1 aromatic carbocycles. The SMILES string of the molecule is Cl.Cl.NC(C(=O)Nc1ccc(NC(=O)CN2CCOCC2)cc1)C1CCOCC1. The maximum atomic E-state index is 12.3. The molecule has 164 valence electrons. The van der Waals surface area contributed by atoms with Crippen molar-refractivity contribution in [1.82, 2.24) is 4.90 Å². The first-order valence-corrected chi connectivity index (χ1v) is 9.46. The maximum absolute atomic E-state index is 12.3. The fraction of sp³-hybridized carbons (Fsp3) is 0.579. The van der Waals surface area contributed by atoms with Crippen LogP contribution < -0.4 is 16.4 Å². The third-order valence-corrected chi connectivity index (χ3v) is 4.98. The Kier molecular flexibility index (Phi) is 11.5. The van der Waals surface area contributed by atoms with E-state index in [2.05, 4.69) is 15.5 Å². The van der Waals surface area contributed by atoms with Gasteiger partial charge in [0, 0.05) is 37.7 Å². The average Bonchev–Trinajstić information content (AvgIpc) is 2.70. The van der Waals surface area contributed by atoms with Crippen molar-refractivity contribution in [2.75, 3.05) is 56.7 Å². The molecular formula is C19H30Cl2N4O4. The highest BCUT2D eigenvalue weighted by atomic mass is 35.5. The number of carbonyl (C=O) groups is 2. The number of hydrogen-bond acceptors (Lipinski definition) is 6. The van der Waals surface area contributed by atoms with Crippen LogP contribution in [-0.2, 0) is 19.1 Å². The zero-order valence-electron chi connectivity index (χ0n) is 16.3. The number of rotatable bonds is 6. The molecule has 8 nitrogen and oxygen atoms in total. The number of anilines is 2. The summed E-state index contributed by atoms with van der Waals surface area (Å²) in [4.78, 5) is 26.5. The highest BCUT2D eigenvalue weighted by molar-refractivity contribution is 5.96. The van der Waals surface area contributed by atoms with Crippen LogP contribution in [0.15, 0.2) is 24.3 Å². The number of nitrogens with zero attached hydrogens (tertiary/aromatic N) is 1. The van der Waals surface area contributed by atoms with E-state index in [0.29, 0.717) is 44.3 Å². The van der Waals surface area contributed by atoms with Crippen LogP contribution in [0.4, 0.5) is 11.4 Å². The highest BCUT2D eigenvalue weighted by Crippen LogP contribution is 2.19. The number of hydrogen-bond donors (Lipinski definition) is 3. The first-order valence-electron chi connectivity index (χ1n) is 9.46. The minimum Gasteiger partial charge on any atom is -0.381 e. The lowest BCUT2D eigenvalue weighted by Crippen LogP contribution is -2.44. The van der Waals surface area contributed by atoms with E-state index in [1.165, 1.54) is 0 Å². The van der Waals surface area contributed by atoms with Gasteiger partial charge < -0.3 is 25.8 Å². The molecule has 29 heavy (non-hydrogen) atoms. The van der Waals surface area contributed by atoms with Crippen molar-refractivity contribution >= 4 is 48.0 Å². The number of benzene rings is 1. The van der Waals surface area contributed by atoms with Crippen molar-refractivity contribution in [3.8, 4) is 0 Å². The fourth-order valence-electron chi connectivity index (χ4n) is 3.31. The predicted molar refractivity (Wildman–Crippen MR) is 117 cm³/mol. The van der Waals surface area contributed by atoms with Crippen molar-refractivity contribution < 1.29 is 19.1 Å². The summed E-state index contributed by atoms with van der Waals surface area (Å²) in [5, 5.41) is 5.72. The smallest absolute Gasteiger partial charge is 0.241 e. The summed E-state index contributed by atoms with van der Waals surface area (Å²) >= 11 is 0. The Hall–Kier alpha value is -1.42. The Morgan fingerprint density at radius 1 is 0.966 bits per heavy atom. The summed E-state index contributed by atoms with van der Waals surface area (Å²) in [5.74, 6) is -0.0984. The van der Waals surface area contributed by atoms with Gasteiger partial charge in [-0.3, -0.25) is 14.5 Å². The highest BCUT2D eigenvalue weighted by Gasteiger charge is 2.26. The molecule has 4 N–H and O–H groups in total. The Balaban J connectivity index is 0.00000210. The molecule has 0 radical (unpaired) electrons. The van der Waals surface area contributed by atoms with Crippen molar-refractivity contribution in [2.24, 2.45) is 11.7 Å². The molecule has 2 saturated heterocycles. The van der Waals surface area contributed by atoms with E-state index < -0.39 is 6.04 Å². The summed E-state index contributed by atoms with van der Waals surface area (Å²) in [7, 11) is 0. The van der Waals surface area contributed by atoms with Gasteiger partial charge in [0.15, 0.2) is 0 Å². The average molecular weight is 449 g/mol. The number of amides is 2. The fourth-order valence-corrected chi connectivity index (χ4v) is 3.31. The van der Waals surface area contributed by atoms with Crippen LogP contribution in [0.5, 0.6) is 0 Å². The van der Waals surface area contributed by atoms with Gasteiger partial charge in [-0.15, -0.1) is 24.8 Å². The molecule has 0 spiro atoms. The standard InChI is InChI=1S/C19H28N4O4.2ClH/c20-18(14-5-9-26-10-6-14)19(25)22-16-3-1-15(2-4-16)21-17(24)13-23-7-11-27-12-8-23;;/h1-4,14,18H,5-13,20H2,(H,21,24)(H,22,25);2*1H. The number of nitrogens with two attached hydrogens (primary N) is 1. The lowest BCUT2D eigenvalue weighted by Gasteiger charge is -2.26. The number of morpholine rings is 1. The molecule has 2 aliphatic heterocycles. The molecule has 1 aromatic rings. The van der Waals surface area contributed by atoms with Gasteiger partial charge in [0.25, 0.3) is 0 Å². The van der Waals surface area contributed by atoms with E-state index in [1.54, 1.807) is 24.3 Å². The molecule has 2 aliphatic rings. The minimum atomic E-state index is -0.540. The molecule has 0 saturated carbocycles. The third-order valence-electron chi connectivity index (χ3n) is 4.98. The van der Waals surface area contributed by atoms with Gasteiger partial charge in [-0.1, -0.05) is 0 Å². The second kappa shape index (κ2) is 13.0. The first-order chi connectivity index (χ1) is 13.1. The van der Waals surface area contributed by atoms with Gasteiger partial charge in [0.2, 0.25) is 11.8 Å². The van der Waals surface area contributed by atoms with Gasteiger partial charge in [-0.05, 0) is 43.0 Å². The van der Waals surface area contributed by atoms with Gasteiger partial charge in [0.1, 0.15) is 0 Å². The van der Waals surface area contributed by atoms with Gasteiger partial charge in [-0.2, -0.15) is 0 Å². The summed E-state index contributed by atoms with van der Waals surface area (Å²) in [6, 6.07) is 6.53. The van der Waals surface area contributed by atoms with Gasteiger partial charge in [0.05, 0.1) is 25.8 Å². The molecule has 1 unspecified atom stereocenters. The van der Waals surface area contributed by atoms with Crippen LogP contribution >= 0.6 is 24.8 Å². The largest absolute Gasteiger partial charge is 0.381 e. The Labute approximate surface area is 183 Å². The van der Waals surface area contributed by atoms with Crippen LogP contribution in [0.3, 0.4) is 0 Å². The summed E-state index contributed by atoms with van der Waals surface area (Å²) in [6.45, 7) is 4.53. The molecule has 0 aromatic heterocycles. The van der Waals surface area contributed by atoms with Crippen LogP contribution in [-0.4, -0.2) is 68.8 Å². The zero-order valence-corrected chi connectivity index (χ0v) is 17.9. The second-order valence-electron chi connectivity index (χ2n) is 6.98. The lowest BCUT2D eigenvalue weighted by molar-refractivity contribution is -0.119. The predicted octanol–water partition coefficient (Wildman–Crippen LogP) is 1.49. The summed E-state index contributed by atoms with van der Waals surface area (Å²) in [5.41, 5.74) is 7.44. The van der Waals surface area contributed by atoms with Crippen LogP contribution in [0.2, 0.25) is 0 Å². The van der Waals surface area contributed by atoms with E-state index in [9.17, 15) is 9.59 Å². The van der Waals surface area contributed by atoms with Crippen molar-refractivity contribution in [3.05, 3.63) is 24.3 Å². The Morgan fingerprint density at radius 2 is 1.48 bits per heavy atom. The molecule has 2 heterocycles. The van der Waals surface area contributed by atoms with E-state index in [-0.39, 0.29) is 42.5 Å². The molecular weight excluding hydrogens is 419 g/mol. The second-order valence-corrected chi connectivity index (χ2v) is 6.98. The quantitative estimate of drug-likeness (QED) is 0.608. The minimum absolute atomic E-state index is 0. The molecule has 1 atom stereocenters. The van der Waals surface area contributed by atoms with E-state index in [1.807, 2.05) is 0 Å². The lowest BCUT2D eigenvalue weighted by atomic mass is 9.92. The zero-order chi connectivity index (χ0) is 19.1. The molecule has 0 bridgehead atoms. The van der Waals surface area contributed by atoms with E-state index in [4.69, 9.17) is 15.2 Å². The molecule has 10 heteroatoms. The molecule has 3 rings (SSSR count). The van der Waals surface area contributed by atoms with Crippen molar-refractivity contribution in [2.45, 2.75) is 18.9 Å². The third kappa shape index (κ3) is 8.08. The topological polar surface area (TPSA) is 106 Å². The number of ether oxygens (including phenoxy) is 2.